The minimum Gasteiger partial charge on any atom is -0.339 e. The van der Waals surface area contributed by atoms with Crippen LogP contribution in [0.3, 0.4) is 0 Å². The average molecular weight is 345 g/mol. The summed E-state index contributed by atoms with van der Waals surface area (Å²) >= 11 is 0. The Hall–Kier alpha value is -2.99. The Balaban J connectivity index is 1.35. The van der Waals surface area contributed by atoms with Crippen molar-refractivity contribution in [2.24, 2.45) is 0 Å². The number of nitrogens with one attached hydrogen (secondary N) is 1. The highest BCUT2D eigenvalue weighted by atomic mass is 16.5. The Kier molecular flexibility index (Phi) is 3.75. The maximum absolute atomic E-state index is 5.45. The Morgan fingerprint density at radius 1 is 1.12 bits per heavy atom. The van der Waals surface area contributed by atoms with E-state index in [2.05, 4.69) is 55.3 Å². The number of hydrogen-bond acceptors (Lipinski definition) is 5. The third-order valence-corrected chi connectivity index (χ3v) is 4.94. The standard InChI is InChI=1S/C20H19N5O/c1-2-4-18-17(3-1)22-13-25(18)12-14-5-7-15(8-6-14)19-23-20(26-24-19)16-9-10-21-11-16/h1-8,13,16,21H,9-12H2/t16-/m0/s1. The van der Waals surface area contributed by atoms with Gasteiger partial charge < -0.3 is 14.4 Å². The summed E-state index contributed by atoms with van der Waals surface area (Å²) in [6, 6.07) is 16.5. The van der Waals surface area contributed by atoms with Gasteiger partial charge in [0, 0.05) is 18.7 Å². The number of rotatable bonds is 4. The van der Waals surface area contributed by atoms with Crippen LogP contribution < -0.4 is 5.32 Å². The Morgan fingerprint density at radius 2 is 2.00 bits per heavy atom. The smallest absolute Gasteiger partial charge is 0.231 e. The predicted octanol–water partition coefficient (Wildman–Crippen LogP) is 3.21. The monoisotopic (exact) mass is 345 g/mol. The van der Waals surface area contributed by atoms with Crippen molar-refractivity contribution in [3.63, 3.8) is 0 Å². The highest BCUT2D eigenvalue weighted by Crippen LogP contribution is 2.24. The molecule has 0 bridgehead atoms. The first-order valence-electron chi connectivity index (χ1n) is 8.90. The number of aromatic nitrogens is 4. The molecular weight excluding hydrogens is 326 g/mol. The number of fused-ring (bicyclic) bond motifs is 1. The van der Waals surface area contributed by atoms with Crippen LogP contribution in [-0.2, 0) is 6.54 Å². The quantitative estimate of drug-likeness (QED) is 0.615. The van der Waals surface area contributed by atoms with Gasteiger partial charge in [0.1, 0.15) is 0 Å². The topological polar surface area (TPSA) is 68.8 Å². The molecule has 0 unspecified atom stereocenters. The minimum absolute atomic E-state index is 0.338. The molecule has 1 aliphatic heterocycles. The molecule has 1 N–H and O–H groups in total. The molecule has 0 radical (unpaired) electrons. The molecule has 0 amide bonds. The third-order valence-electron chi connectivity index (χ3n) is 4.94. The molecule has 0 aliphatic carbocycles. The lowest BCUT2D eigenvalue weighted by Gasteiger charge is -2.05. The third kappa shape index (κ3) is 2.78. The second-order valence-corrected chi connectivity index (χ2v) is 6.70. The molecule has 4 aromatic rings. The van der Waals surface area contributed by atoms with E-state index in [1.165, 1.54) is 5.56 Å². The number of hydrogen-bond donors (Lipinski definition) is 1. The second-order valence-electron chi connectivity index (χ2n) is 6.70. The van der Waals surface area contributed by atoms with E-state index < -0.39 is 0 Å². The van der Waals surface area contributed by atoms with Gasteiger partial charge in [0.2, 0.25) is 11.7 Å². The number of nitrogens with zero attached hydrogens (tertiary/aromatic N) is 4. The summed E-state index contributed by atoms with van der Waals surface area (Å²) in [6.45, 7) is 2.71. The molecule has 130 valence electrons. The first-order valence-corrected chi connectivity index (χ1v) is 8.90. The van der Waals surface area contributed by atoms with Crippen LogP contribution >= 0.6 is 0 Å². The van der Waals surface area contributed by atoms with Crippen molar-refractivity contribution in [3.8, 4) is 11.4 Å². The van der Waals surface area contributed by atoms with Crippen LogP contribution in [0.25, 0.3) is 22.4 Å². The van der Waals surface area contributed by atoms with Gasteiger partial charge in [0.15, 0.2) is 0 Å². The van der Waals surface area contributed by atoms with Crippen molar-refractivity contribution in [1.82, 2.24) is 25.0 Å². The predicted molar refractivity (Wildman–Crippen MR) is 98.8 cm³/mol. The van der Waals surface area contributed by atoms with Crippen molar-refractivity contribution in [1.29, 1.82) is 0 Å². The van der Waals surface area contributed by atoms with Crippen molar-refractivity contribution < 1.29 is 4.52 Å². The maximum Gasteiger partial charge on any atom is 0.231 e. The van der Waals surface area contributed by atoms with Gasteiger partial charge in [-0.2, -0.15) is 4.98 Å². The van der Waals surface area contributed by atoms with E-state index in [1.54, 1.807) is 0 Å². The van der Waals surface area contributed by atoms with Gasteiger partial charge >= 0.3 is 0 Å². The Bertz CT molecular complexity index is 1030. The summed E-state index contributed by atoms with van der Waals surface area (Å²) < 4.78 is 7.61. The Labute approximate surface area is 150 Å². The summed E-state index contributed by atoms with van der Waals surface area (Å²) in [5.41, 5.74) is 4.35. The number of para-hydroxylation sites is 2. The minimum atomic E-state index is 0.338. The van der Waals surface area contributed by atoms with Crippen molar-refractivity contribution in [3.05, 3.63) is 66.3 Å². The SMILES string of the molecule is c1ccc2c(c1)ncn2Cc1ccc(-c2noc([C@H]3CCNC3)n2)cc1. The van der Waals surface area contributed by atoms with E-state index in [0.29, 0.717) is 11.7 Å². The van der Waals surface area contributed by atoms with Crippen LogP contribution in [0.4, 0.5) is 0 Å². The zero-order valence-electron chi connectivity index (χ0n) is 14.3. The summed E-state index contributed by atoms with van der Waals surface area (Å²) in [4.78, 5) is 9.02. The van der Waals surface area contributed by atoms with Crippen LogP contribution in [0.5, 0.6) is 0 Å². The van der Waals surface area contributed by atoms with Gasteiger partial charge in [-0.3, -0.25) is 0 Å². The fourth-order valence-corrected chi connectivity index (χ4v) is 3.48. The number of benzene rings is 2. The zero-order valence-corrected chi connectivity index (χ0v) is 14.3. The molecule has 1 aliphatic rings. The van der Waals surface area contributed by atoms with Crippen LogP contribution in [0.1, 0.15) is 23.8 Å². The summed E-state index contributed by atoms with van der Waals surface area (Å²) in [5, 5.41) is 7.47. The zero-order chi connectivity index (χ0) is 17.3. The molecule has 2 aromatic carbocycles. The molecular formula is C20H19N5O. The molecule has 5 rings (SSSR count). The van der Waals surface area contributed by atoms with Crippen molar-refractivity contribution in [2.45, 2.75) is 18.9 Å². The van der Waals surface area contributed by atoms with Crippen LogP contribution in [0, 0.1) is 0 Å². The molecule has 2 aromatic heterocycles. The molecule has 3 heterocycles. The van der Waals surface area contributed by atoms with Gasteiger partial charge in [-0.15, -0.1) is 0 Å². The van der Waals surface area contributed by atoms with Crippen molar-refractivity contribution >= 4 is 11.0 Å². The van der Waals surface area contributed by atoms with Crippen LogP contribution in [-0.4, -0.2) is 32.8 Å². The molecule has 1 atom stereocenters. The van der Waals surface area contributed by atoms with Gasteiger partial charge in [-0.05, 0) is 30.7 Å². The van der Waals surface area contributed by atoms with E-state index in [1.807, 2.05) is 24.5 Å². The average Bonchev–Trinajstić information content (AvgIpc) is 3.43. The maximum atomic E-state index is 5.45. The van der Waals surface area contributed by atoms with Crippen LogP contribution in [0.2, 0.25) is 0 Å². The molecule has 1 saturated heterocycles. The largest absolute Gasteiger partial charge is 0.339 e. The lowest BCUT2D eigenvalue weighted by molar-refractivity contribution is 0.359. The normalized spacial score (nSPS) is 17.2. The van der Waals surface area contributed by atoms with Gasteiger partial charge in [-0.1, -0.05) is 41.6 Å². The van der Waals surface area contributed by atoms with Crippen LogP contribution in [0.15, 0.2) is 59.4 Å². The molecule has 0 spiro atoms. The van der Waals surface area contributed by atoms with E-state index in [9.17, 15) is 0 Å². The lowest BCUT2D eigenvalue weighted by Crippen LogP contribution is -2.08. The highest BCUT2D eigenvalue weighted by Gasteiger charge is 2.23. The van der Waals surface area contributed by atoms with E-state index in [4.69, 9.17) is 4.52 Å². The number of imidazole rings is 1. The second kappa shape index (κ2) is 6.38. The van der Waals surface area contributed by atoms with Gasteiger partial charge in [0.05, 0.1) is 23.3 Å². The van der Waals surface area contributed by atoms with E-state index in [0.717, 1.165) is 48.5 Å². The molecule has 6 heteroatoms. The van der Waals surface area contributed by atoms with E-state index >= 15 is 0 Å². The highest BCUT2D eigenvalue weighted by molar-refractivity contribution is 5.75. The van der Waals surface area contributed by atoms with E-state index in [-0.39, 0.29) is 0 Å². The lowest BCUT2D eigenvalue weighted by atomic mass is 10.1. The fourth-order valence-electron chi connectivity index (χ4n) is 3.48. The summed E-state index contributed by atoms with van der Waals surface area (Å²) in [6.07, 6.45) is 2.94. The first-order chi connectivity index (χ1) is 12.9. The van der Waals surface area contributed by atoms with Crippen molar-refractivity contribution in [2.75, 3.05) is 13.1 Å². The molecule has 26 heavy (non-hydrogen) atoms. The first kappa shape index (κ1) is 15.3. The fraction of sp³-hybridized carbons (Fsp3) is 0.250. The Morgan fingerprint density at radius 3 is 2.85 bits per heavy atom. The summed E-state index contributed by atoms with van der Waals surface area (Å²) in [7, 11) is 0. The van der Waals surface area contributed by atoms with Gasteiger partial charge in [-0.25, -0.2) is 4.98 Å². The van der Waals surface area contributed by atoms with Gasteiger partial charge in [0.25, 0.3) is 0 Å². The summed E-state index contributed by atoms with van der Waals surface area (Å²) in [5.74, 6) is 1.73. The molecule has 0 saturated carbocycles. The molecule has 1 fully saturated rings. The molecule has 6 nitrogen and oxygen atoms in total.